The van der Waals surface area contributed by atoms with Crippen LogP contribution in [0.4, 0.5) is 0 Å². The summed E-state index contributed by atoms with van der Waals surface area (Å²) in [4.78, 5) is 24.5. The highest BCUT2D eigenvalue weighted by Crippen LogP contribution is 2.21. The first-order valence-electron chi connectivity index (χ1n) is 7.75. The topological polar surface area (TPSA) is 77.1 Å². The Hall–Kier alpha value is -2.38. The quantitative estimate of drug-likeness (QED) is 0.686. The van der Waals surface area contributed by atoms with Gasteiger partial charge >= 0.3 is 5.76 Å². The minimum absolute atomic E-state index is 0.137. The zero-order valence-electron chi connectivity index (χ0n) is 13.3. The van der Waals surface area contributed by atoms with Gasteiger partial charge in [0.1, 0.15) is 0 Å². The van der Waals surface area contributed by atoms with Gasteiger partial charge in [0.2, 0.25) is 5.91 Å². The van der Waals surface area contributed by atoms with E-state index in [1.807, 2.05) is 41.8 Å². The molecule has 0 unspecified atom stereocenters. The van der Waals surface area contributed by atoms with Gasteiger partial charge in [-0.1, -0.05) is 29.8 Å². The Bertz CT molecular complexity index is 885. The third-order valence-corrected chi connectivity index (χ3v) is 4.65. The van der Waals surface area contributed by atoms with E-state index in [-0.39, 0.29) is 24.8 Å². The van der Waals surface area contributed by atoms with E-state index >= 15 is 0 Å². The van der Waals surface area contributed by atoms with E-state index in [0.29, 0.717) is 11.6 Å². The Balaban J connectivity index is 1.46. The fraction of sp³-hybridized carbons (Fsp3) is 0.235. The van der Waals surface area contributed by atoms with E-state index in [4.69, 9.17) is 16.0 Å². The number of carbonyl (C=O) groups excluding carboxylic acids is 1. The number of carbonyl (C=O) groups is 1. The number of benzene rings is 1. The molecule has 3 aromatic rings. The van der Waals surface area contributed by atoms with Crippen LogP contribution >= 0.6 is 22.9 Å². The molecule has 0 bridgehead atoms. The normalized spacial score (nSPS) is 10.8. The molecule has 25 heavy (non-hydrogen) atoms. The van der Waals surface area contributed by atoms with Crippen molar-refractivity contribution in [3.05, 3.63) is 62.9 Å². The number of hydrogen-bond acceptors (Lipinski definition) is 5. The first kappa shape index (κ1) is 17.4. The molecule has 1 aromatic carbocycles. The van der Waals surface area contributed by atoms with Crippen molar-refractivity contribution in [2.75, 3.05) is 6.54 Å². The number of thiophene rings is 1. The molecule has 0 saturated heterocycles. The molecule has 1 amide bonds. The minimum atomic E-state index is -0.558. The van der Waals surface area contributed by atoms with E-state index < -0.39 is 5.76 Å². The van der Waals surface area contributed by atoms with Gasteiger partial charge in [-0.15, -0.1) is 16.4 Å². The number of amides is 1. The van der Waals surface area contributed by atoms with Crippen molar-refractivity contribution in [1.29, 1.82) is 0 Å². The van der Waals surface area contributed by atoms with Gasteiger partial charge in [0, 0.05) is 18.0 Å². The molecule has 2 heterocycles. The molecule has 0 aliphatic heterocycles. The molecule has 8 heteroatoms. The Morgan fingerprint density at radius 2 is 2.08 bits per heavy atom. The molecule has 0 spiro atoms. The summed E-state index contributed by atoms with van der Waals surface area (Å²) in [5.41, 5.74) is 1.10. The molecular weight excluding hydrogens is 362 g/mol. The lowest BCUT2D eigenvalue weighted by Crippen LogP contribution is -2.28. The second kappa shape index (κ2) is 8.13. The van der Waals surface area contributed by atoms with E-state index in [1.165, 1.54) is 16.0 Å². The van der Waals surface area contributed by atoms with Crippen LogP contribution in [0.1, 0.15) is 12.0 Å². The van der Waals surface area contributed by atoms with Gasteiger partial charge in [0.25, 0.3) is 5.89 Å². The highest BCUT2D eigenvalue weighted by Gasteiger charge is 2.12. The maximum absolute atomic E-state index is 11.9. The van der Waals surface area contributed by atoms with Crippen LogP contribution in [0.2, 0.25) is 5.02 Å². The van der Waals surface area contributed by atoms with Crippen molar-refractivity contribution in [1.82, 2.24) is 15.1 Å². The Morgan fingerprint density at radius 3 is 2.80 bits per heavy atom. The molecule has 1 N–H and O–H groups in total. The van der Waals surface area contributed by atoms with Crippen molar-refractivity contribution >= 4 is 28.8 Å². The summed E-state index contributed by atoms with van der Waals surface area (Å²) in [5.74, 6) is -0.415. The third kappa shape index (κ3) is 4.80. The molecule has 0 atom stereocenters. The number of halogens is 1. The van der Waals surface area contributed by atoms with Crippen LogP contribution in [0, 0.1) is 0 Å². The van der Waals surface area contributed by atoms with Gasteiger partial charge < -0.3 is 9.73 Å². The molecule has 6 nitrogen and oxygen atoms in total. The smallest absolute Gasteiger partial charge is 0.387 e. The SMILES string of the molecule is O=C(CCn1nc(-c2cccs2)oc1=O)NCCc1ccc(Cl)cc1. The largest absolute Gasteiger partial charge is 0.437 e. The molecular formula is C17H16ClN3O3S. The summed E-state index contributed by atoms with van der Waals surface area (Å²) in [6.45, 7) is 0.703. The summed E-state index contributed by atoms with van der Waals surface area (Å²) < 4.78 is 6.28. The van der Waals surface area contributed by atoms with E-state index in [0.717, 1.165) is 16.9 Å². The second-order valence-corrected chi connectivity index (χ2v) is 6.73. The van der Waals surface area contributed by atoms with E-state index in [2.05, 4.69) is 10.4 Å². The van der Waals surface area contributed by atoms with Crippen LogP contribution in [-0.2, 0) is 17.8 Å². The Kier molecular flexibility index (Phi) is 5.67. The number of hydrogen-bond donors (Lipinski definition) is 1. The lowest BCUT2D eigenvalue weighted by Gasteiger charge is -2.05. The van der Waals surface area contributed by atoms with Crippen LogP contribution in [0.15, 0.2) is 51.0 Å². The average molecular weight is 378 g/mol. The van der Waals surface area contributed by atoms with Gasteiger partial charge in [-0.05, 0) is 35.6 Å². The van der Waals surface area contributed by atoms with Crippen LogP contribution in [0.5, 0.6) is 0 Å². The lowest BCUT2D eigenvalue weighted by atomic mass is 10.1. The first-order valence-corrected chi connectivity index (χ1v) is 9.00. The number of aryl methyl sites for hydroxylation is 1. The van der Waals surface area contributed by atoms with Gasteiger partial charge in [-0.3, -0.25) is 4.79 Å². The standard InChI is InChI=1S/C17H16ClN3O3S/c18-13-5-3-12(4-6-13)7-9-19-15(22)8-10-21-17(23)24-16(20-21)14-2-1-11-25-14/h1-6,11H,7-10H2,(H,19,22). The highest BCUT2D eigenvalue weighted by molar-refractivity contribution is 7.13. The fourth-order valence-corrected chi connectivity index (χ4v) is 3.01. The first-order chi connectivity index (χ1) is 12.1. The fourth-order valence-electron chi connectivity index (χ4n) is 2.24. The zero-order chi connectivity index (χ0) is 17.6. The van der Waals surface area contributed by atoms with Gasteiger partial charge in [-0.25, -0.2) is 4.79 Å². The van der Waals surface area contributed by atoms with E-state index in [9.17, 15) is 9.59 Å². The monoisotopic (exact) mass is 377 g/mol. The van der Waals surface area contributed by atoms with Gasteiger partial charge in [0.05, 0.1) is 11.4 Å². The molecule has 2 aromatic heterocycles. The summed E-state index contributed by atoms with van der Waals surface area (Å²) in [5, 5.41) is 9.51. The summed E-state index contributed by atoms with van der Waals surface area (Å²) in [6, 6.07) is 11.2. The predicted octanol–water partition coefficient (Wildman–Crippen LogP) is 2.97. The van der Waals surface area contributed by atoms with Crippen LogP contribution in [-0.4, -0.2) is 22.2 Å². The predicted molar refractivity (Wildman–Crippen MR) is 96.9 cm³/mol. The van der Waals surface area contributed by atoms with Crippen molar-refractivity contribution in [3.63, 3.8) is 0 Å². The number of rotatable bonds is 7. The van der Waals surface area contributed by atoms with Gasteiger partial charge in [-0.2, -0.15) is 4.68 Å². The highest BCUT2D eigenvalue weighted by atomic mass is 35.5. The molecule has 0 radical (unpaired) electrons. The Morgan fingerprint density at radius 1 is 1.28 bits per heavy atom. The van der Waals surface area contributed by atoms with Crippen molar-refractivity contribution in [3.8, 4) is 10.8 Å². The molecule has 3 rings (SSSR count). The minimum Gasteiger partial charge on any atom is -0.387 e. The maximum atomic E-state index is 11.9. The van der Waals surface area contributed by atoms with Crippen LogP contribution in [0.3, 0.4) is 0 Å². The molecule has 130 valence electrons. The zero-order valence-corrected chi connectivity index (χ0v) is 14.8. The van der Waals surface area contributed by atoms with Crippen molar-refractivity contribution in [2.24, 2.45) is 0 Å². The molecule has 0 fully saturated rings. The number of nitrogens with zero attached hydrogens (tertiary/aromatic N) is 2. The van der Waals surface area contributed by atoms with Crippen molar-refractivity contribution in [2.45, 2.75) is 19.4 Å². The average Bonchev–Trinajstić information content (AvgIpc) is 3.24. The van der Waals surface area contributed by atoms with Crippen molar-refractivity contribution < 1.29 is 9.21 Å². The second-order valence-electron chi connectivity index (χ2n) is 5.35. The summed E-state index contributed by atoms with van der Waals surface area (Å²) >= 11 is 7.27. The third-order valence-electron chi connectivity index (χ3n) is 3.54. The van der Waals surface area contributed by atoms with Crippen LogP contribution < -0.4 is 11.1 Å². The number of aromatic nitrogens is 2. The maximum Gasteiger partial charge on any atom is 0.437 e. The lowest BCUT2D eigenvalue weighted by molar-refractivity contribution is -0.121. The summed E-state index contributed by atoms with van der Waals surface area (Å²) in [7, 11) is 0. The van der Waals surface area contributed by atoms with Crippen LogP contribution in [0.25, 0.3) is 10.8 Å². The Labute approximate surface area is 153 Å². The summed E-state index contributed by atoms with van der Waals surface area (Å²) in [6.07, 6.45) is 0.881. The molecule has 0 saturated carbocycles. The van der Waals surface area contributed by atoms with E-state index in [1.54, 1.807) is 0 Å². The molecule has 0 aliphatic rings. The molecule has 0 aliphatic carbocycles. The van der Waals surface area contributed by atoms with Gasteiger partial charge in [0.15, 0.2) is 0 Å². The number of nitrogens with one attached hydrogen (secondary N) is 1.